The van der Waals surface area contributed by atoms with Crippen molar-refractivity contribution in [2.45, 2.75) is 31.5 Å². The van der Waals surface area contributed by atoms with Crippen LogP contribution in [0.3, 0.4) is 0 Å². The van der Waals surface area contributed by atoms with Crippen LogP contribution in [0.1, 0.15) is 24.1 Å². The van der Waals surface area contributed by atoms with Gasteiger partial charge in [0.25, 0.3) is 0 Å². The second-order valence-electron chi connectivity index (χ2n) is 6.28. The van der Waals surface area contributed by atoms with Crippen molar-refractivity contribution in [2.24, 2.45) is 0 Å². The van der Waals surface area contributed by atoms with Gasteiger partial charge in [0.05, 0.1) is 18.4 Å². The first kappa shape index (κ1) is 17.3. The van der Waals surface area contributed by atoms with Gasteiger partial charge in [-0.05, 0) is 58.6 Å². The fourth-order valence-electron chi connectivity index (χ4n) is 2.66. The Labute approximate surface area is 149 Å². The minimum absolute atomic E-state index is 0.333. The Kier molecular flexibility index (Phi) is 5.18. The molecular weight excluding hydrogens is 375 g/mol. The van der Waals surface area contributed by atoms with E-state index in [9.17, 15) is 9.50 Å². The predicted molar refractivity (Wildman–Crippen MR) is 93.2 cm³/mol. The van der Waals surface area contributed by atoms with Crippen LogP contribution in [0.4, 0.5) is 4.39 Å². The van der Waals surface area contributed by atoms with Gasteiger partial charge in [-0.2, -0.15) is 0 Å². The number of rotatable bonds is 7. The molecule has 1 aliphatic rings. The maximum Gasteiger partial charge on any atom is 0.146 e. The SMILES string of the molecule is COc1ccc(CN(Cc2nc(Br)ccc2F)CC2(O)CC2)cc1. The summed E-state index contributed by atoms with van der Waals surface area (Å²) >= 11 is 3.28. The Morgan fingerprint density at radius 1 is 1.21 bits per heavy atom. The summed E-state index contributed by atoms with van der Waals surface area (Å²) in [5.41, 5.74) is 0.812. The molecule has 24 heavy (non-hydrogen) atoms. The number of pyridine rings is 1. The molecule has 0 aliphatic heterocycles. The Hall–Kier alpha value is -1.50. The van der Waals surface area contributed by atoms with Crippen molar-refractivity contribution in [1.29, 1.82) is 0 Å². The molecular formula is C18H20BrFN2O2. The molecule has 1 aliphatic carbocycles. The third-order valence-electron chi connectivity index (χ3n) is 4.17. The lowest BCUT2D eigenvalue weighted by Gasteiger charge is -2.25. The number of aromatic nitrogens is 1. The second kappa shape index (κ2) is 7.17. The Morgan fingerprint density at radius 2 is 1.92 bits per heavy atom. The summed E-state index contributed by atoms with van der Waals surface area (Å²) in [6.45, 7) is 1.46. The number of halogens is 2. The lowest BCUT2D eigenvalue weighted by Crippen LogP contribution is -2.33. The number of benzene rings is 1. The maximum absolute atomic E-state index is 14.0. The zero-order valence-corrected chi connectivity index (χ0v) is 15.1. The molecule has 0 radical (unpaired) electrons. The zero-order chi connectivity index (χ0) is 17.2. The minimum atomic E-state index is -0.644. The van der Waals surface area contributed by atoms with E-state index in [1.807, 2.05) is 29.2 Å². The average molecular weight is 395 g/mol. The van der Waals surface area contributed by atoms with Gasteiger partial charge in [0, 0.05) is 19.6 Å². The minimum Gasteiger partial charge on any atom is -0.497 e. The van der Waals surface area contributed by atoms with Gasteiger partial charge in [0.15, 0.2) is 0 Å². The van der Waals surface area contributed by atoms with Gasteiger partial charge >= 0.3 is 0 Å². The Balaban J connectivity index is 1.76. The van der Waals surface area contributed by atoms with Crippen molar-refractivity contribution in [3.63, 3.8) is 0 Å². The number of hydrogen-bond donors (Lipinski definition) is 1. The average Bonchev–Trinajstić information content (AvgIpc) is 3.28. The second-order valence-corrected chi connectivity index (χ2v) is 7.09. The number of aliphatic hydroxyl groups is 1. The van der Waals surface area contributed by atoms with E-state index in [0.29, 0.717) is 29.9 Å². The van der Waals surface area contributed by atoms with E-state index < -0.39 is 5.60 Å². The molecule has 0 bridgehead atoms. The number of hydrogen-bond acceptors (Lipinski definition) is 4. The monoisotopic (exact) mass is 394 g/mol. The summed E-state index contributed by atoms with van der Waals surface area (Å²) in [5.74, 6) is 0.464. The van der Waals surface area contributed by atoms with Crippen LogP contribution in [0.5, 0.6) is 5.75 Å². The van der Waals surface area contributed by atoms with Gasteiger partial charge in [-0.15, -0.1) is 0 Å². The first-order chi connectivity index (χ1) is 11.5. The molecule has 2 aromatic rings. The van der Waals surface area contributed by atoms with Crippen LogP contribution < -0.4 is 4.74 Å². The standard InChI is InChI=1S/C18H20BrFN2O2/c1-24-14-4-2-13(3-5-14)10-22(12-18(23)8-9-18)11-16-15(20)6-7-17(19)21-16/h2-7,23H,8-12H2,1H3. The third kappa shape index (κ3) is 4.53. The van der Waals surface area contributed by atoms with E-state index in [-0.39, 0.29) is 5.82 Å². The first-order valence-electron chi connectivity index (χ1n) is 7.86. The van der Waals surface area contributed by atoms with Gasteiger partial charge in [-0.25, -0.2) is 9.37 Å². The molecule has 0 spiro atoms. The quantitative estimate of drug-likeness (QED) is 0.729. The molecule has 3 rings (SSSR count). The van der Waals surface area contributed by atoms with Crippen molar-refractivity contribution in [3.8, 4) is 5.75 Å². The van der Waals surface area contributed by atoms with Gasteiger partial charge in [0.1, 0.15) is 16.2 Å². The highest BCUT2D eigenvalue weighted by molar-refractivity contribution is 9.10. The Morgan fingerprint density at radius 3 is 2.54 bits per heavy atom. The van der Waals surface area contributed by atoms with Crippen LogP contribution in [-0.2, 0) is 13.1 Å². The molecule has 1 aromatic carbocycles. The van der Waals surface area contributed by atoms with Crippen molar-refractivity contribution >= 4 is 15.9 Å². The van der Waals surface area contributed by atoms with Gasteiger partial charge in [-0.3, -0.25) is 4.90 Å². The van der Waals surface area contributed by atoms with Crippen molar-refractivity contribution in [3.05, 3.63) is 58.1 Å². The van der Waals surface area contributed by atoms with E-state index in [1.165, 1.54) is 6.07 Å². The highest BCUT2D eigenvalue weighted by Gasteiger charge is 2.41. The highest BCUT2D eigenvalue weighted by Crippen LogP contribution is 2.36. The molecule has 128 valence electrons. The van der Waals surface area contributed by atoms with Crippen LogP contribution in [0.15, 0.2) is 41.0 Å². The van der Waals surface area contributed by atoms with Crippen LogP contribution in [0.2, 0.25) is 0 Å². The number of ether oxygens (including phenoxy) is 1. The van der Waals surface area contributed by atoms with Crippen LogP contribution in [0.25, 0.3) is 0 Å². The van der Waals surface area contributed by atoms with Crippen LogP contribution >= 0.6 is 15.9 Å². The molecule has 4 nitrogen and oxygen atoms in total. The highest BCUT2D eigenvalue weighted by atomic mass is 79.9. The summed E-state index contributed by atoms with van der Waals surface area (Å²) in [6.07, 6.45) is 1.58. The van der Waals surface area contributed by atoms with E-state index in [2.05, 4.69) is 20.9 Å². The first-order valence-corrected chi connectivity index (χ1v) is 8.65. The van der Waals surface area contributed by atoms with Crippen molar-refractivity contribution in [2.75, 3.05) is 13.7 Å². The fourth-order valence-corrected chi connectivity index (χ4v) is 3.00. The summed E-state index contributed by atoms with van der Waals surface area (Å²) in [6, 6.07) is 10.8. The predicted octanol–water partition coefficient (Wildman–Crippen LogP) is 3.52. The molecule has 1 saturated carbocycles. The van der Waals surface area contributed by atoms with Gasteiger partial charge in [-0.1, -0.05) is 12.1 Å². The smallest absolute Gasteiger partial charge is 0.146 e. The third-order valence-corrected chi connectivity index (χ3v) is 4.61. The molecule has 1 aromatic heterocycles. The van der Waals surface area contributed by atoms with Crippen molar-refractivity contribution in [1.82, 2.24) is 9.88 Å². The molecule has 0 unspecified atom stereocenters. The largest absolute Gasteiger partial charge is 0.497 e. The van der Waals surface area contributed by atoms with Crippen LogP contribution in [0, 0.1) is 5.82 Å². The zero-order valence-electron chi connectivity index (χ0n) is 13.5. The summed E-state index contributed by atoms with van der Waals surface area (Å²) < 4.78 is 19.8. The summed E-state index contributed by atoms with van der Waals surface area (Å²) in [4.78, 5) is 6.26. The molecule has 0 saturated heterocycles. The molecule has 1 heterocycles. The molecule has 1 N–H and O–H groups in total. The van der Waals surface area contributed by atoms with Gasteiger partial charge in [0.2, 0.25) is 0 Å². The Bertz CT molecular complexity index is 705. The van der Waals surface area contributed by atoms with E-state index in [1.54, 1.807) is 13.2 Å². The lowest BCUT2D eigenvalue weighted by molar-refractivity contribution is 0.0831. The van der Waals surface area contributed by atoms with Gasteiger partial charge < -0.3 is 9.84 Å². The fraction of sp³-hybridized carbons (Fsp3) is 0.389. The summed E-state index contributed by atoms with van der Waals surface area (Å²) in [7, 11) is 1.63. The van der Waals surface area contributed by atoms with E-state index in [4.69, 9.17) is 4.74 Å². The lowest BCUT2D eigenvalue weighted by atomic mass is 10.1. The van der Waals surface area contributed by atoms with Crippen LogP contribution in [-0.4, -0.2) is 34.2 Å². The van der Waals surface area contributed by atoms with E-state index >= 15 is 0 Å². The van der Waals surface area contributed by atoms with Crippen molar-refractivity contribution < 1.29 is 14.2 Å². The molecule has 6 heteroatoms. The molecule has 0 amide bonds. The normalized spacial score (nSPS) is 15.5. The number of nitrogens with zero attached hydrogens (tertiary/aromatic N) is 2. The number of methoxy groups -OCH3 is 1. The maximum atomic E-state index is 14.0. The molecule has 0 atom stereocenters. The van der Waals surface area contributed by atoms with E-state index in [0.717, 1.165) is 24.2 Å². The molecule has 1 fully saturated rings. The summed E-state index contributed by atoms with van der Waals surface area (Å²) in [5, 5.41) is 10.3. The topological polar surface area (TPSA) is 45.6 Å².